The molecule has 0 spiro atoms. The molecule has 2 N–H and O–H groups in total. The monoisotopic (exact) mass is 285 g/mol. The van der Waals surface area contributed by atoms with Gasteiger partial charge in [0.15, 0.2) is 0 Å². The SMILES string of the molecule is NC(Cc1ccccc1)c1cc2c(cc1Cl)CCCC2. The summed E-state index contributed by atoms with van der Waals surface area (Å²) in [5.74, 6) is 0. The van der Waals surface area contributed by atoms with Gasteiger partial charge in [0.1, 0.15) is 0 Å². The molecule has 3 rings (SSSR count). The molecule has 1 nitrogen and oxygen atoms in total. The third-order valence-electron chi connectivity index (χ3n) is 4.16. The molecule has 2 aromatic rings. The van der Waals surface area contributed by atoms with Gasteiger partial charge in [0.25, 0.3) is 0 Å². The summed E-state index contributed by atoms with van der Waals surface area (Å²) in [6.45, 7) is 0. The van der Waals surface area contributed by atoms with Crippen molar-refractivity contribution in [3.63, 3.8) is 0 Å². The van der Waals surface area contributed by atoms with Crippen LogP contribution in [-0.2, 0) is 19.3 Å². The maximum atomic E-state index is 6.44. The van der Waals surface area contributed by atoms with E-state index in [0.717, 1.165) is 29.8 Å². The van der Waals surface area contributed by atoms with Crippen molar-refractivity contribution in [1.82, 2.24) is 0 Å². The molecule has 0 saturated heterocycles. The minimum atomic E-state index is -0.0304. The first-order valence-electron chi connectivity index (χ1n) is 7.35. The summed E-state index contributed by atoms with van der Waals surface area (Å²) in [6, 6.07) is 14.7. The van der Waals surface area contributed by atoms with Gasteiger partial charge >= 0.3 is 0 Å². The molecule has 1 aliphatic carbocycles. The number of hydrogen-bond donors (Lipinski definition) is 1. The molecular weight excluding hydrogens is 266 g/mol. The van der Waals surface area contributed by atoms with Crippen LogP contribution in [0.2, 0.25) is 5.02 Å². The molecule has 0 fully saturated rings. The molecule has 0 radical (unpaired) electrons. The maximum Gasteiger partial charge on any atom is 0.0456 e. The Kier molecular flexibility index (Phi) is 4.09. The van der Waals surface area contributed by atoms with Gasteiger partial charge in [-0.3, -0.25) is 0 Å². The lowest BCUT2D eigenvalue weighted by Gasteiger charge is -2.21. The van der Waals surface area contributed by atoms with E-state index in [9.17, 15) is 0 Å². The van der Waals surface area contributed by atoms with Crippen molar-refractivity contribution in [2.75, 3.05) is 0 Å². The van der Waals surface area contributed by atoms with Gasteiger partial charge in [0.2, 0.25) is 0 Å². The summed E-state index contributed by atoms with van der Waals surface area (Å²) in [7, 11) is 0. The largest absolute Gasteiger partial charge is 0.324 e. The fourth-order valence-electron chi connectivity index (χ4n) is 3.04. The van der Waals surface area contributed by atoms with Gasteiger partial charge in [0, 0.05) is 11.1 Å². The van der Waals surface area contributed by atoms with Gasteiger partial charge in [-0.15, -0.1) is 0 Å². The van der Waals surface area contributed by atoms with E-state index in [1.807, 2.05) is 6.07 Å². The Balaban J connectivity index is 1.86. The fourth-order valence-corrected chi connectivity index (χ4v) is 3.36. The van der Waals surface area contributed by atoms with Crippen LogP contribution in [0.25, 0.3) is 0 Å². The van der Waals surface area contributed by atoms with E-state index in [0.29, 0.717) is 0 Å². The molecular formula is C18H20ClN. The lowest BCUT2D eigenvalue weighted by molar-refractivity contribution is 0.675. The molecule has 1 unspecified atom stereocenters. The minimum Gasteiger partial charge on any atom is -0.324 e. The van der Waals surface area contributed by atoms with Gasteiger partial charge in [-0.25, -0.2) is 0 Å². The van der Waals surface area contributed by atoms with E-state index >= 15 is 0 Å². The number of fused-ring (bicyclic) bond motifs is 1. The highest BCUT2D eigenvalue weighted by molar-refractivity contribution is 6.31. The second kappa shape index (κ2) is 5.99. The first-order valence-corrected chi connectivity index (χ1v) is 7.72. The Morgan fingerprint density at radius 1 is 1.00 bits per heavy atom. The zero-order chi connectivity index (χ0) is 13.9. The van der Waals surface area contributed by atoms with E-state index in [4.69, 9.17) is 17.3 Å². The molecule has 0 aromatic heterocycles. The third-order valence-corrected chi connectivity index (χ3v) is 4.49. The Morgan fingerprint density at radius 3 is 2.35 bits per heavy atom. The average Bonchev–Trinajstić information content (AvgIpc) is 2.47. The summed E-state index contributed by atoms with van der Waals surface area (Å²) < 4.78 is 0. The Bertz CT molecular complexity index is 592. The molecule has 2 heteroatoms. The lowest BCUT2D eigenvalue weighted by Crippen LogP contribution is -2.15. The van der Waals surface area contributed by atoms with Crippen molar-refractivity contribution in [1.29, 1.82) is 0 Å². The van der Waals surface area contributed by atoms with E-state index < -0.39 is 0 Å². The van der Waals surface area contributed by atoms with Crippen molar-refractivity contribution in [3.8, 4) is 0 Å². The molecule has 0 aliphatic heterocycles. The second-order valence-electron chi connectivity index (χ2n) is 5.65. The number of rotatable bonds is 3. The zero-order valence-electron chi connectivity index (χ0n) is 11.6. The summed E-state index contributed by atoms with van der Waals surface area (Å²) in [4.78, 5) is 0. The predicted octanol–water partition coefficient (Wildman–Crippen LogP) is 4.46. The number of halogens is 1. The van der Waals surface area contributed by atoms with Gasteiger partial charge < -0.3 is 5.73 Å². The average molecular weight is 286 g/mol. The van der Waals surface area contributed by atoms with Crippen LogP contribution in [0.3, 0.4) is 0 Å². The van der Waals surface area contributed by atoms with E-state index in [1.54, 1.807) is 0 Å². The molecule has 0 saturated carbocycles. The number of hydrogen-bond acceptors (Lipinski definition) is 1. The number of aryl methyl sites for hydroxylation is 2. The minimum absolute atomic E-state index is 0.0304. The fraction of sp³-hybridized carbons (Fsp3) is 0.333. The standard InChI is InChI=1S/C18H20ClN/c19-17-12-15-9-5-4-8-14(15)11-16(17)18(20)10-13-6-2-1-3-7-13/h1-3,6-7,11-12,18H,4-5,8-10,20H2. The van der Waals surface area contributed by atoms with Crippen LogP contribution in [0.15, 0.2) is 42.5 Å². The zero-order valence-corrected chi connectivity index (χ0v) is 12.4. The van der Waals surface area contributed by atoms with Crippen molar-refractivity contribution in [2.45, 2.75) is 38.1 Å². The van der Waals surface area contributed by atoms with E-state index in [2.05, 4.69) is 36.4 Å². The summed E-state index contributed by atoms with van der Waals surface area (Å²) >= 11 is 6.44. The Morgan fingerprint density at radius 2 is 1.65 bits per heavy atom. The number of benzene rings is 2. The Hall–Kier alpha value is -1.31. The summed E-state index contributed by atoms with van der Waals surface area (Å²) in [6.07, 6.45) is 5.71. The van der Waals surface area contributed by atoms with E-state index in [1.165, 1.54) is 29.5 Å². The molecule has 1 atom stereocenters. The van der Waals surface area contributed by atoms with Crippen LogP contribution in [0.1, 0.15) is 41.1 Å². The molecule has 0 bridgehead atoms. The molecule has 0 heterocycles. The van der Waals surface area contributed by atoms with Gasteiger partial charge in [-0.05, 0) is 60.4 Å². The van der Waals surface area contributed by atoms with Crippen LogP contribution < -0.4 is 5.73 Å². The smallest absolute Gasteiger partial charge is 0.0456 e. The first-order chi connectivity index (χ1) is 9.74. The first kappa shape index (κ1) is 13.7. The van der Waals surface area contributed by atoms with Gasteiger partial charge in [-0.1, -0.05) is 48.0 Å². The molecule has 20 heavy (non-hydrogen) atoms. The van der Waals surface area contributed by atoms with E-state index in [-0.39, 0.29) is 6.04 Å². The topological polar surface area (TPSA) is 26.0 Å². The highest BCUT2D eigenvalue weighted by Gasteiger charge is 2.16. The van der Waals surface area contributed by atoms with Crippen molar-refractivity contribution in [3.05, 3.63) is 69.7 Å². The summed E-state index contributed by atoms with van der Waals surface area (Å²) in [5.41, 5.74) is 11.6. The molecule has 2 aromatic carbocycles. The molecule has 0 amide bonds. The predicted molar refractivity (Wildman–Crippen MR) is 85.2 cm³/mol. The van der Waals surface area contributed by atoms with Crippen LogP contribution in [0, 0.1) is 0 Å². The molecule has 1 aliphatic rings. The molecule has 104 valence electrons. The van der Waals surface area contributed by atoms with Crippen molar-refractivity contribution >= 4 is 11.6 Å². The van der Waals surface area contributed by atoms with Crippen molar-refractivity contribution in [2.24, 2.45) is 5.73 Å². The van der Waals surface area contributed by atoms with Gasteiger partial charge in [0.05, 0.1) is 0 Å². The van der Waals surface area contributed by atoms with Crippen LogP contribution >= 0.6 is 11.6 Å². The lowest BCUT2D eigenvalue weighted by atomic mass is 9.88. The Labute approximate surface area is 125 Å². The highest BCUT2D eigenvalue weighted by Crippen LogP contribution is 2.31. The summed E-state index contributed by atoms with van der Waals surface area (Å²) in [5, 5.41) is 0.828. The van der Waals surface area contributed by atoms with Crippen LogP contribution in [0.4, 0.5) is 0 Å². The second-order valence-corrected chi connectivity index (χ2v) is 6.05. The van der Waals surface area contributed by atoms with Gasteiger partial charge in [-0.2, -0.15) is 0 Å². The number of nitrogens with two attached hydrogens (primary N) is 1. The third kappa shape index (κ3) is 2.89. The normalized spacial score (nSPS) is 15.7. The van der Waals surface area contributed by atoms with Crippen LogP contribution in [0.5, 0.6) is 0 Å². The highest BCUT2D eigenvalue weighted by atomic mass is 35.5. The maximum absolute atomic E-state index is 6.44. The van der Waals surface area contributed by atoms with Crippen molar-refractivity contribution < 1.29 is 0 Å². The quantitative estimate of drug-likeness (QED) is 0.885. The van der Waals surface area contributed by atoms with Crippen LogP contribution in [-0.4, -0.2) is 0 Å².